The predicted molar refractivity (Wildman–Crippen MR) is 136 cm³/mol. The number of rotatable bonds is 8. The van der Waals surface area contributed by atoms with Crippen LogP contribution >= 0.6 is 0 Å². The Morgan fingerprint density at radius 2 is 1.68 bits per heavy atom. The lowest BCUT2D eigenvalue weighted by atomic mass is 9.90. The third-order valence-electron chi connectivity index (χ3n) is 6.78. The SMILES string of the molecule is COc1ccc(-c2ccc(CC[C@H]3O[C@@H](O)[C@@H](O)[C@H]3CCn3nnc4ccccc4c3=O)cc2)cn1.[O-][Cl+3]([O-])([O-])O. The van der Waals surface area contributed by atoms with E-state index in [1.54, 1.807) is 31.5 Å². The van der Waals surface area contributed by atoms with E-state index in [4.69, 9.17) is 28.1 Å². The van der Waals surface area contributed by atoms with Crippen LogP contribution in [0.25, 0.3) is 22.0 Å². The van der Waals surface area contributed by atoms with Crippen LogP contribution in [0.5, 0.6) is 5.88 Å². The molecule has 5 rings (SSSR count). The Morgan fingerprint density at radius 3 is 2.34 bits per heavy atom. The van der Waals surface area contributed by atoms with Crippen molar-refractivity contribution >= 4 is 10.9 Å². The van der Waals surface area contributed by atoms with E-state index in [2.05, 4.69) is 27.4 Å². The van der Waals surface area contributed by atoms with Crippen molar-refractivity contribution in [2.45, 2.75) is 44.3 Å². The van der Waals surface area contributed by atoms with Crippen LogP contribution in [0.1, 0.15) is 18.4 Å². The van der Waals surface area contributed by atoms with Gasteiger partial charge in [-0.1, -0.05) is 41.6 Å². The zero-order valence-electron chi connectivity index (χ0n) is 21.9. The molecule has 1 aliphatic rings. The number of methoxy groups -OCH3 is 1. The molecule has 0 aliphatic carbocycles. The third-order valence-corrected chi connectivity index (χ3v) is 6.78. The molecule has 4 aromatic rings. The number of aliphatic hydroxyl groups is 2. The maximum Gasteiger partial charge on any atom is 0.277 e. The van der Waals surface area contributed by atoms with Crippen LogP contribution in [0.15, 0.2) is 71.7 Å². The average Bonchev–Trinajstić information content (AvgIpc) is 3.23. The van der Waals surface area contributed by atoms with Crippen molar-refractivity contribution in [3.8, 4) is 17.0 Å². The second kappa shape index (κ2) is 13.4. The normalized spacial score (nSPS) is 20.5. The minimum atomic E-state index is -4.69. The Bertz CT molecular complexity index is 1470. The Hall–Kier alpha value is -3.53. The summed E-state index contributed by atoms with van der Waals surface area (Å²) in [6.07, 6.45) is 0.939. The van der Waals surface area contributed by atoms with Gasteiger partial charge in [0, 0.05) is 30.3 Å². The highest BCUT2D eigenvalue weighted by atomic mass is 35.7. The minimum absolute atomic E-state index is 0.224. The fraction of sp³-hybridized carbons (Fsp3) is 0.333. The molecule has 0 unspecified atom stereocenters. The predicted octanol–water partition coefficient (Wildman–Crippen LogP) is -1.54. The van der Waals surface area contributed by atoms with Crippen LogP contribution in [0, 0.1) is 16.2 Å². The van der Waals surface area contributed by atoms with Crippen molar-refractivity contribution in [2.75, 3.05) is 7.11 Å². The number of aromatic nitrogens is 4. The summed E-state index contributed by atoms with van der Waals surface area (Å²) < 4.78 is 44.8. The molecule has 41 heavy (non-hydrogen) atoms. The van der Waals surface area contributed by atoms with E-state index in [0.29, 0.717) is 29.6 Å². The van der Waals surface area contributed by atoms with Gasteiger partial charge in [-0.3, -0.25) is 4.79 Å². The van der Waals surface area contributed by atoms with Gasteiger partial charge in [-0.25, -0.2) is 9.67 Å². The summed E-state index contributed by atoms with van der Waals surface area (Å²) in [6, 6.07) is 19.1. The first-order chi connectivity index (χ1) is 19.5. The van der Waals surface area contributed by atoms with Gasteiger partial charge in [0.1, 0.15) is 11.6 Å². The van der Waals surface area contributed by atoms with Crippen molar-refractivity contribution < 1.29 is 48.6 Å². The van der Waals surface area contributed by atoms with Gasteiger partial charge in [-0.05, 0) is 48.6 Å². The van der Waals surface area contributed by atoms with Crippen molar-refractivity contribution in [1.82, 2.24) is 20.0 Å². The number of fused-ring (bicyclic) bond motifs is 1. The number of aliphatic hydroxyl groups excluding tert-OH is 2. The summed E-state index contributed by atoms with van der Waals surface area (Å²) in [5.74, 6) is 0.244. The Balaban J connectivity index is 0.000000714. The molecular formula is C27H29ClN4O9. The summed E-state index contributed by atoms with van der Waals surface area (Å²) >= 11 is 0. The van der Waals surface area contributed by atoms with Crippen LogP contribution in [-0.4, -0.2) is 60.5 Å². The first kappa shape index (κ1) is 30.4. The molecule has 0 radical (unpaired) electrons. The number of pyridine rings is 1. The summed E-state index contributed by atoms with van der Waals surface area (Å²) in [4.78, 5) is 17.0. The fourth-order valence-electron chi connectivity index (χ4n) is 4.72. The number of benzene rings is 2. The smallest absolute Gasteiger partial charge is 0.277 e. The summed E-state index contributed by atoms with van der Waals surface area (Å²) in [5, 5.41) is 29.3. The van der Waals surface area contributed by atoms with Crippen LogP contribution in [0.4, 0.5) is 0 Å². The van der Waals surface area contributed by atoms with Gasteiger partial charge in [-0.2, -0.15) is 14.0 Å². The molecule has 0 amide bonds. The summed E-state index contributed by atoms with van der Waals surface area (Å²) in [5.41, 5.74) is 3.50. The van der Waals surface area contributed by atoms with Crippen molar-refractivity contribution in [3.63, 3.8) is 0 Å². The first-order valence-electron chi connectivity index (χ1n) is 12.6. The lowest BCUT2D eigenvalue weighted by Crippen LogP contribution is -2.58. The number of aryl methyl sites for hydroxylation is 2. The number of hydrogen-bond acceptors (Lipinski definition) is 12. The van der Waals surface area contributed by atoms with E-state index in [1.807, 2.05) is 30.3 Å². The molecule has 2 aromatic heterocycles. The topological polar surface area (TPSA) is 209 Å². The Kier molecular flexibility index (Phi) is 9.96. The van der Waals surface area contributed by atoms with Gasteiger partial charge in [-0.15, -0.1) is 5.10 Å². The second-order valence-corrected chi connectivity index (χ2v) is 10.2. The molecule has 4 atom stereocenters. The van der Waals surface area contributed by atoms with E-state index < -0.39 is 22.6 Å². The molecule has 3 N–H and O–H groups in total. The maximum atomic E-state index is 12.7. The molecular weight excluding hydrogens is 560 g/mol. The molecule has 14 heteroatoms. The fourth-order valence-corrected chi connectivity index (χ4v) is 4.72. The monoisotopic (exact) mass is 588 g/mol. The second-order valence-electron chi connectivity index (χ2n) is 9.36. The van der Waals surface area contributed by atoms with Gasteiger partial charge in [0.15, 0.2) is 6.29 Å². The number of halogens is 1. The number of nitrogens with zero attached hydrogens (tertiary/aromatic N) is 4. The van der Waals surface area contributed by atoms with E-state index in [1.165, 1.54) is 4.68 Å². The van der Waals surface area contributed by atoms with Gasteiger partial charge >= 0.3 is 0 Å². The van der Waals surface area contributed by atoms with Crippen LogP contribution in [-0.2, 0) is 17.7 Å². The lowest BCUT2D eigenvalue weighted by molar-refractivity contribution is -1.92. The molecule has 1 saturated heterocycles. The highest BCUT2D eigenvalue weighted by Crippen LogP contribution is 2.32. The van der Waals surface area contributed by atoms with Crippen molar-refractivity contribution in [3.05, 3.63) is 82.8 Å². The number of hydrogen-bond donors (Lipinski definition) is 3. The third kappa shape index (κ3) is 8.25. The molecule has 0 bridgehead atoms. The van der Waals surface area contributed by atoms with E-state index in [0.717, 1.165) is 23.1 Å². The molecule has 0 saturated carbocycles. The molecule has 13 nitrogen and oxygen atoms in total. The van der Waals surface area contributed by atoms with Crippen molar-refractivity contribution in [2.24, 2.45) is 5.92 Å². The van der Waals surface area contributed by atoms with Gasteiger partial charge < -0.3 is 19.7 Å². The van der Waals surface area contributed by atoms with Crippen LogP contribution in [0.2, 0.25) is 0 Å². The van der Waals surface area contributed by atoms with E-state index in [9.17, 15) is 15.0 Å². The van der Waals surface area contributed by atoms with Gasteiger partial charge in [0.05, 0.1) is 33.5 Å². The molecule has 0 spiro atoms. The van der Waals surface area contributed by atoms with Crippen LogP contribution < -0.4 is 24.3 Å². The largest absolute Gasteiger partial charge is 0.481 e. The maximum absolute atomic E-state index is 12.7. The van der Waals surface area contributed by atoms with Gasteiger partial charge in [0.25, 0.3) is 5.56 Å². The summed E-state index contributed by atoms with van der Waals surface area (Å²) in [7, 11) is -3.11. The summed E-state index contributed by atoms with van der Waals surface area (Å²) in [6.45, 7) is 0.273. The Morgan fingerprint density at radius 1 is 1.00 bits per heavy atom. The highest BCUT2D eigenvalue weighted by molar-refractivity contribution is 5.76. The number of ether oxygens (including phenoxy) is 2. The molecule has 2 aromatic carbocycles. The quantitative estimate of drug-likeness (QED) is 0.214. The first-order valence-corrected chi connectivity index (χ1v) is 13.9. The molecule has 1 fully saturated rings. The van der Waals surface area contributed by atoms with Gasteiger partial charge in [0.2, 0.25) is 5.88 Å². The van der Waals surface area contributed by atoms with Crippen LogP contribution in [0.3, 0.4) is 0 Å². The minimum Gasteiger partial charge on any atom is -0.481 e. The standard InChI is InChI=1S/C27H28N4O5.ClHO4/c1-35-24-13-11-19(16-28-24)18-9-6-17(7-10-18)8-12-23-21(25(32)27(34)36-23)14-15-31-26(33)20-4-2-3-5-22(20)29-30-31;2-1(3,4)5/h2-7,9-11,13,16,21,23,25,27,32,34H,8,12,14-15H2,1H3;(H,2,3,4,5)/t21-,23+,25-,27+;/m0./s1. The van der Waals surface area contributed by atoms with Crippen molar-refractivity contribution in [1.29, 1.82) is 0 Å². The molecule has 1 aliphatic heterocycles. The zero-order chi connectivity index (χ0) is 29.6. The lowest BCUT2D eigenvalue weighted by Gasteiger charge is -2.20. The van der Waals surface area contributed by atoms with E-state index >= 15 is 0 Å². The van der Waals surface area contributed by atoms with E-state index in [-0.39, 0.29) is 24.1 Å². The Labute approximate surface area is 236 Å². The molecule has 218 valence electrons. The highest BCUT2D eigenvalue weighted by Gasteiger charge is 2.42. The molecule has 3 heterocycles. The zero-order valence-corrected chi connectivity index (χ0v) is 22.7. The average molecular weight is 589 g/mol.